The Labute approximate surface area is 244 Å². The fraction of sp³-hybridized carbons (Fsp3) is 0.750. The third kappa shape index (κ3) is 3.71. The molecule has 222 valence electrons. The first-order valence-corrected chi connectivity index (χ1v) is 16.4. The van der Waals surface area contributed by atoms with Crippen LogP contribution in [0.1, 0.15) is 93.4 Å². The number of rotatable bonds is 3. The highest BCUT2D eigenvalue weighted by atomic mass is 32.2. The summed E-state index contributed by atoms with van der Waals surface area (Å²) in [6.45, 7) is 13.9. The smallest absolute Gasteiger partial charge is 0.225 e. The van der Waals surface area contributed by atoms with Crippen LogP contribution in [0.2, 0.25) is 0 Å². The maximum atomic E-state index is 14.5. The first kappa shape index (κ1) is 30.1. The molecule has 0 heterocycles. The van der Waals surface area contributed by atoms with Crippen molar-refractivity contribution in [2.75, 3.05) is 5.75 Å². The van der Waals surface area contributed by atoms with Crippen molar-refractivity contribution in [1.82, 2.24) is 4.72 Å². The number of fused-ring (bicyclic) bond motifs is 7. The van der Waals surface area contributed by atoms with Crippen molar-refractivity contribution in [3.8, 4) is 12.1 Å². The predicted molar refractivity (Wildman–Crippen MR) is 153 cm³/mol. The van der Waals surface area contributed by atoms with Crippen LogP contribution in [-0.2, 0) is 19.6 Å². The molecule has 3 saturated carbocycles. The largest absolute Gasteiger partial charge is 0.381 e. The van der Waals surface area contributed by atoms with Gasteiger partial charge in [0, 0.05) is 27.7 Å². The Kier molecular flexibility index (Phi) is 6.33. The Morgan fingerprint density at radius 3 is 2.22 bits per heavy atom. The molecule has 0 radical (unpaired) electrons. The number of nitrogens with zero attached hydrogens (tertiary/aromatic N) is 2. The van der Waals surface area contributed by atoms with Gasteiger partial charge >= 0.3 is 0 Å². The van der Waals surface area contributed by atoms with E-state index in [1.54, 1.807) is 18.2 Å². The lowest BCUT2D eigenvalue weighted by molar-refractivity contribution is -0.239. The van der Waals surface area contributed by atoms with Crippen molar-refractivity contribution < 1.29 is 23.1 Å². The molecular formula is C32H43N3O5S. The van der Waals surface area contributed by atoms with Crippen molar-refractivity contribution in [3.05, 3.63) is 23.3 Å². The molecule has 0 saturated heterocycles. The van der Waals surface area contributed by atoms with E-state index in [2.05, 4.69) is 24.6 Å². The normalized spacial score (nSPS) is 46.9. The van der Waals surface area contributed by atoms with Gasteiger partial charge in [-0.1, -0.05) is 47.6 Å². The second-order valence-corrected chi connectivity index (χ2v) is 17.2. The van der Waals surface area contributed by atoms with Gasteiger partial charge in [-0.05, 0) is 80.3 Å². The van der Waals surface area contributed by atoms with Gasteiger partial charge in [-0.2, -0.15) is 10.5 Å². The number of nitriles is 2. The summed E-state index contributed by atoms with van der Waals surface area (Å²) in [5.74, 6) is -1.77. The van der Waals surface area contributed by atoms with E-state index in [-0.39, 0.29) is 34.9 Å². The molecule has 0 spiro atoms. The lowest BCUT2D eigenvalue weighted by Gasteiger charge is -2.71. The van der Waals surface area contributed by atoms with E-state index in [9.17, 15) is 28.4 Å². The molecule has 5 aliphatic carbocycles. The van der Waals surface area contributed by atoms with Crippen LogP contribution in [0.4, 0.5) is 0 Å². The standard InChI is InChI=1S/C32H43N3O5S/c1-26(2)21-8-9-30(6)22(29(21,5)17-20(19-34)25(26)37)16-24(36)32(38)23-18-28(4,35-41(39,40)15-14-33)12-10-27(23,3)11-13-31(30,32)7/h16-17,21,23,35,38H,8-13,15,18H2,1-7H3/t21-,23+,27+,28-,29-,30+,31-,32+/m0/s1. The van der Waals surface area contributed by atoms with E-state index in [4.69, 9.17) is 5.26 Å². The maximum Gasteiger partial charge on any atom is 0.225 e. The van der Waals surface area contributed by atoms with Crippen LogP contribution in [0.3, 0.4) is 0 Å². The molecule has 8 atom stereocenters. The van der Waals surface area contributed by atoms with Crippen LogP contribution in [0.25, 0.3) is 0 Å². The van der Waals surface area contributed by atoms with Crippen LogP contribution in [-0.4, -0.2) is 42.0 Å². The van der Waals surface area contributed by atoms with Gasteiger partial charge in [-0.15, -0.1) is 0 Å². The Balaban J connectivity index is 1.66. The van der Waals surface area contributed by atoms with Crippen LogP contribution >= 0.6 is 0 Å². The molecule has 0 aromatic heterocycles. The molecule has 5 aliphatic rings. The number of aliphatic hydroxyl groups is 1. The van der Waals surface area contributed by atoms with Crippen LogP contribution in [0, 0.1) is 61.6 Å². The van der Waals surface area contributed by atoms with Crippen LogP contribution in [0.5, 0.6) is 0 Å². The van der Waals surface area contributed by atoms with Crippen LogP contribution in [0.15, 0.2) is 23.3 Å². The number of hydrogen-bond donors (Lipinski definition) is 2. The van der Waals surface area contributed by atoms with Gasteiger partial charge in [0.15, 0.2) is 17.3 Å². The van der Waals surface area contributed by atoms with Gasteiger partial charge in [0.25, 0.3) is 0 Å². The third-order valence-electron chi connectivity index (χ3n) is 12.9. The fourth-order valence-corrected chi connectivity index (χ4v) is 11.5. The number of allylic oxidation sites excluding steroid dienone is 3. The monoisotopic (exact) mass is 581 g/mol. The quantitative estimate of drug-likeness (QED) is 0.498. The number of hydrogen-bond acceptors (Lipinski definition) is 7. The summed E-state index contributed by atoms with van der Waals surface area (Å²) >= 11 is 0. The minimum absolute atomic E-state index is 0.0945. The molecule has 2 N–H and O–H groups in total. The number of ketones is 2. The second kappa shape index (κ2) is 8.62. The van der Waals surface area contributed by atoms with E-state index in [1.807, 2.05) is 34.6 Å². The lowest BCUT2D eigenvalue weighted by Crippen LogP contribution is -2.74. The van der Waals surface area contributed by atoms with Crippen molar-refractivity contribution >= 4 is 21.6 Å². The summed E-state index contributed by atoms with van der Waals surface area (Å²) in [5, 5.41) is 31.8. The third-order valence-corrected chi connectivity index (χ3v) is 14.2. The second-order valence-electron chi connectivity index (χ2n) is 15.4. The zero-order valence-corrected chi connectivity index (χ0v) is 26.2. The van der Waals surface area contributed by atoms with Crippen molar-refractivity contribution in [2.45, 2.75) is 105 Å². The lowest BCUT2D eigenvalue weighted by atomic mass is 9.33. The van der Waals surface area contributed by atoms with Gasteiger partial charge in [-0.3, -0.25) is 9.59 Å². The zero-order chi connectivity index (χ0) is 30.7. The predicted octanol–water partition coefficient (Wildman–Crippen LogP) is 4.52. The van der Waals surface area contributed by atoms with Gasteiger partial charge in [0.05, 0.1) is 11.6 Å². The summed E-state index contributed by atoms with van der Waals surface area (Å²) in [6, 6.07) is 3.83. The highest BCUT2D eigenvalue weighted by Crippen LogP contribution is 2.75. The summed E-state index contributed by atoms with van der Waals surface area (Å²) in [4.78, 5) is 27.7. The van der Waals surface area contributed by atoms with Crippen LogP contribution < -0.4 is 4.72 Å². The first-order valence-electron chi connectivity index (χ1n) is 14.8. The minimum Gasteiger partial charge on any atom is -0.381 e. The molecular weight excluding hydrogens is 538 g/mol. The van der Waals surface area contributed by atoms with E-state index in [0.29, 0.717) is 32.1 Å². The minimum atomic E-state index is -3.85. The zero-order valence-electron chi connectivity index (χ0n) is 25.3. The maximum absolute atomic E-state index is 14.5. The fourth-order valence-electron chi connectivity index (χ4n) is 10.3. The number of nitrogens with one attached hydrogen (secondary N) is 1. The van der Waals surface area contributed by atoms with Gasteiger partial charge in [0.1, 0.15) is 11.7 Å². The van der Waals surface area contributed by atoms with Crippen molar-refractivity contribution in [1.29, 1.82) is 10.5 Å². The van der Waals surface area contributed by atoms with E-state index in [0.717, 1.165) is 12.0 Å². The number of Topliss-reactive ketones (excluding diaryl/α,β-unsaturated/α-hetero) is 1. The Morgan fingerprint density at radius 2 is 1.61 bits per heavy atom. The van der Waals surface area contributed by atoms with E-state index >= 15 is 0 Å². The summed E-state index contributed by atoms with van der Waals surface area (Å²) in [6.07, 6.45) is 7.71. The molecule has 0 aromatic rings. The van der Waals surface area contributed by atoms with Crippen molar-refractivity contribution in [3.63, 3.8) is 0 Å². The Bertz CT molecular complexity index is 1500. The molecule has 5 rings (SSSR count). The molecule has 0 bridgehead atoms. The van der Waals surface area contributed by atoms with E-state index < -0.39 is 54.5 Å². The molecule has 0 aliphatic heterocycles. The molecule has 0 unspecified atom stereocenters. The Hall–Kier alpha value is -2.33. The topological polar surface area (TPSA) is 148 Å². The average Bonchev–Trinajstić information content (AvgIpc) is 2.86. The highest BCUT2D eigenvalue weighted by Gasteiger charge is 2.75. The van der Waals surface area contributed by atoms with Gasteiger partial charge in [-0.25, -0.2) is 13.1 Å². The van der Waals surface area contributed by atoms with E-state index in [1.165, 1.54) is 0 Å². The number of carbonyl (C=O) groups excluding carboxylic acids is 2. The van der Waals surface area contributed by atoms with Gasteiger partial charge < -0.3 is 5.11 Å². The Morgan fingerprint density at radius 1 is 0.976 bits per heavy atom. The molecule has 41 heavy (non-hydrogen) atoms. The van der Waals surface area contributed by atoms with Crippen molar-refractivity contribution in [2.24, 2.45) is 38.9 Å². The summed E-state index contributed by atoms with van der Waals surface area (Å²) in [5.41, 5.74) is -4.90. The number of carbonyl (C=O) groups is 2. The molecule has 0 amide bonds. The molecule has 0 aromatic carbocycles. The molecule has 9 heteroatoms. The van der Waals surface area contributed by atoms with Gasteiger partial charge in [0.2, 0.25) is 10.0 Å². The highest BCUT2D eigenvalue weighted by molar-refractivity contribution is 7.89. The molecule has 3 fully saturated rings. The summed E-state index contributed by atoms with van der Waals surface area (Å²) in [7, 11) is -3.85. The average molecular weight is 582 g/mol. The first-order chi connectivity index (χ1) is 18.7. The SMILES string of the molecule is CC1(C)C(=O)C(C#N)=C[C@]2(C)C3=CC(=O)[C@]4(O)[C@@H]5C[C@@](C)(NS(=O)(=O)CC#N)CC[C@]5(C)CC[C@@]4(C)[C@]3(C)CC[C@@H]12. The summed E-state index contributed by atoms with van der Waals surface area (Å²) < 4.78 is 28.0. The molecule has 8 nitrogen and oxygen atoms in total. The number of sulfonamides is 1.